The predicted molar refractivity (Wildman–Crippen MR) is 522 cm³/mol. The number of nitrogens with one attached hydrogen (secondary N) is 8. The topological polar surface area (TPSA) is 407 Å². The summed E-state index contributed by atoms with van der Waals surface area (Å²) in [7, 11) is 10.5. The van der Waals surface area contributed by atoms with Gasteiger partial charge in [0.2, 0.25) is 0 Å². The van der Waals surface area contributed by atoms with Crippen molar-refractivity contribution in [1.29, 1.82) is 0 Å². The lowest BCUT2D eigenvalue weighted by Crippen LogP contribution is -2.30. The molecule has 0 aliphatic rings. The number of amides is 8. The molecule has 0 atom stereocenters. The summed E-state index contributed by atoms with van der Waals surface area (Å²) >= 11 is 0. The van der Waals surface area contributed by atoms with Crippen LogP contribution in [0.4, 0.5) is 58.7 Å². The lowest BCUT2D eigenvalue weighted by Gasteiger charge is -2.22. The summed E-state index contributed by atoms with van der Waals surface area (Å²) in [5.74, 6) is -10.1. The molecule has 34 nitrogen and oxygen atoms in total. The third-order valence-corrected chi connectivity index (χ3v) is 19.6. The van der Waals surface area contributed by atoms with Gasteiger partial charge in [-0.25, -0.2) is 4.79 Å². The van der Waals surface area contributed by atoms with Crippen molar-refractivity contribution in [2.45, 2.75) is 143 Å². The van der Waals surface area contributed by atoms with Gasteiger partial charge in [-0.1, -0.05) is 111 Å². The van der Waals surface area contributed by atoms with E-state index in [0.717, 1.165) is 6.07 Å². The number of halogens is 3. The molecule has 0 radical (unpaired) electrons. The van der Waals surface area contributed by atoms with Crippen LogP contribution in [0.5, 0.6) is 92.0 Å². The maximum absolute atomic E-state index is 15.5. The molecule has 0 bridgehead atoms. The van der Waals surface area contributed by atoms with E-state index in [1.54, 1.807) is 34.6 Å². The lowest BCUT2D eigenvalue weighted by molar-refractivity contribution is -0.167. The molecular formula is C102H129F3N8O26. The van der Waals surface area contributed by atoms with Crippen LogP contribution in [0.25, 0.3) is 0 Å². The maximum Gasteiger partial charge on any atom is 0.471 e. The zero-order valence-electron chi connectivity index (χ0n) is 83.8. The van der Waals surface area contributed by atoms with Gasteiger partial charge >= 0.3 is 18.1 Å². The first-order valence-corrected chi connectivity index (χ1v) is 45.1. The normalized spacial score (nSPS) is 11.4. The number of alkyl halides is 3. The summed E-state index contributed by atoms with van der Waals surface area (Å²) in [6.07, 6.45) is -5.34. The Kier molecular flexibility index (Phi) is 39.2. The van der Waals surface area contributed by atoms with Crippen molar-refractivity contribution in [3.05, 3.63) is 142 Å². The Morgan fingerprint density at radius 3 is 0.547 bits per heavy atom. The number of esters is 1. The smallest absolute Gasteiger partial charge is 0.471 e. The molecule has 8 N–H and O–H groups in total. The van der Waals surface area contributed by atoms with Gasteiger partial charge < -0.3 is 123 Å². The zero-order valence-corrected chi connectivity index (χ0v) is 83.8. The first-order chi connectivity index (χ1) is 65.5. The number of hydrogen-bond donors (Lipinski definition) is 8. The Balaban J connectivity index is 1.18. The van der Waals surface area contributed by atoms with Crippen LogP contribution in [0.3, 0.4) is 0 Å². The molecule has 0 unspecified atom stereocenters. The number of carbonyl (C=O) groups is 9. The molecule has 0 saturated carbocycles. The Morgan fingerprint density at radius 2 is 0.374 bits per heavy atom. The van der Waals surface area contributed by atoms with Crippen molar-refractivity contribution < 1.29 is 137 Å². The number of carbonyl (C=O) groups excluding carboxylic acids is 9. The summed E-state index contributed by atoms with van der Waals surface area (Å²) < 4.78 is 143. The highest BCUT2D eigenvalue weighted by atomic mass is 19.4. The van der Waals surface area contributed by atoms with Gasteiger partial charge in [0.1, 0.15) is 103 Å². The van der Waals surface area contributed by atoms with E-state index in [-0.39, 0.29) is 277 Å². The molecule has 139 heavy (non-hydrogen) atoms. The second-order valence-electron chi connectivity index (χ2n) is 36.7. The number of rotatable bonds is 48. The quantitative estimate of drug-likeness (QED) is 0.0164. The van der Waals surface area contributed by atoms with Gasteiger partial charge in [-0.2, -0.15) is 13.2 Å². The minimum atomic E-state index is -5.34. The minimum absolute atomic E-state index is 0.000700. The molecule has 8 rings (SSSR count). The van der Waals surface area contributed by atoms with Gasteiger partial charge in [-0.3, -0.25) is 38.4 Å². The van der Waals surface area contributed by atoms with Crippen LogP contribution in [0, 0.1) is 47.3 Å². The van der Waals surface area contributed by atoms with Gasteiger partial charge in [0, 0.05) is 48.5 Å². The van der Waals surface area contributed by atoms with E-state index in [0.29, 0.717) is 0 Å². The second-order valence-corrected chi connectivity index (χ2v) is 36.7. The highest BCUT2D eigenvalue weighted by Crippen LogP contribution is 2.46. The summed E-state index contributed by atoms with van der Waals surface area (Å²) in [6, 6.07) is 21.1. The van der Waals surface area contributed by atoms with Crippen LogP contribution >= 0.6 is 0 Å². The maximum atomic E-state index is 15.5. The van der Waals surface area contributed by atoms with Crippen molar-refractivity contribution >= 4 is 98.7 Å². The SMILES string of the molecule is COc1cc(OC)c(C(=O)Nc2cc(C(=O)Nc3cc(C(=O)OC(C)(C)C)c(OC)cc3OC)c(OCC(C)C)cc2OCC(C)C)cc1NC(=O)c1cc(NC(=O)c2cc(NC(=O)c3cc(NC(=O)c4cc(NC(=O)c5cc(NC(=O)C(F)(F)F)c(OCC(C)C)cc5OCC(C)C)c(OC)cc4OC)c(OCC(C)C)cc3OCC(C)C)c(OC)cc2OC)c(OCC(C)C)cc1OCC(C)C. The molecule has 0 aromatic heterocycles. The van der Waals surface area contributed by atoms with E-state index < -0.39 is 70.7 Å². The molecule has 754 valence electrons. The first kappa shape index (κ1) is 110. The van der Waals surface area contributed by atoms with E-state index in [4.69, 9.17) is 80.5 Å². The summed E-state index contributed by atoms with van der Waals surface area (Å²) in [4.78, 5) is 132. The second kappa shape index (κ2) is 49.6. The monoisotopic (exact) mass is 1940 g/mol. The molecule has 0 heterocycles. The van der Waals surface area contributed by atoms with Gasteiger partial charge in [-0.15, -0.1) is 0 Å². The lowest BCUT2D eigenvalue weighted by atomic mass is 10.1. The minimum Gasteiger partial charge on any atom is -0.496 e. The number of ether oxygens (including phenoxy) is 17. The summed E-state index contributed by atoms with van der Waals surface area (Å²) in [5.41, 5.74) is -3.33. The fourth-order valence-electron chi connectivity index (χ4n) is 12.9. The third kappa shape index (κ3) is 30.5. The molecule has 0 saturated heterocycles. The van der Waals surface area contributed by atoms with Crippen LogP contribution in [-0.4, -0.2) is 175 Å². The van der Waals surface area contributed by atoms with E-state index in [1.807, 2.05) is 102 Å². The number of benzene rings is 8. The molecule has 0 fully saturated rings. The Labute approximate surface area is 808 Å². The molecule has 8 amide bonds. The van der Waals surface area contributed by atoms with E-state index in [1.165, 1.54) is 148 Å². The zero-order chi connectivity index (χ0) is 103. The van der Waals surface area contributed by atoms with Crippen molar-refractivity contribution in [2.75, 3.05) is 152 Å². The van der Waals surface area contributed by atoms with E-state index in [2.05, 4.69) is 37.2 Å². The molecule has 0 aliphatic carbocycles. The van der Waals surface area contributed by atoms with Crippen LogP contribution in [-0.2, 0) is 9.53 Å². The van der Waals surface area contributed by atoms with Crippen LogP contribution in [0.1, 0.15) is 214 Å². The van der Waals surface area contributed by atoms with Crippen LogP contribution in [0.15, 0.2) is 97.1 Å². The van der Waals surface area contributed by atoms with Crippen molar-refractivity contribution in [1.82, 2.24) is 0 Å². The first-order valence-electron chi connectivity index (χ1n) is 45.1. The van der Waals surface area contributed by atoms with E-state index >= 15 is 24.0 Å². The van der Waals surface area contributed by atoms with Gasteiger partial charge in [-0.05, 0) is 117 Å². The number of anilines is 8. The van der Waals surface area contributed by atoms with Crippen molar-refractivity contribution in [2.24, 2.45) is 47.3 Å². The molecule has 8 aromatic carbocycles. The van der Waals surface area contributed by atoms with E-state index in [9.17, 15) is 32.3 Å². The highest BCUT2D eigenvalue weighted by molar-refractivity contribution is 6.17. The average molecular weight is 1940 g/mol. The standard InChI is InChI=1S/C102H129F3N8O26/c1-52(2)44-131-80-40-88(135-48-56(9)10)72(31-63(80)95(117)107-69-29-61(77(124-21)37-85(69)128-25)93(115)112-74-33-65(82(133-46-54(5)6)42-90(74)137-50-58(13)14)97(119)109-71-35-67(99(121)139-101(17,18)19)79(126-23)39-87(71)130-27)110-92(114)60-28-68(84(127-24)36-76(60)123-20)106-96(118)64-32-73(89(136-49-57(11)12)41-81(64)132-45-53(3)4)111-94(116)62-30-70(86(129-26)38-78(62)125-22)108-98(120)66-34-75(113-100(122)102(103,104)105)91(138-51-59(15)16)43-83(66)134-47-55(7)8/h28-43,52-59H,44-51H2,1-27H3,(H,106,118)(H,107,117)(H,108,120)(H,109,119)(H,110,114)(H,111,116)(H,112,115)(H,113,122). The van der Waals surface area contributed by atoms with Gasteiger partial charge in [0.25, 0.3) is 41.4 Å². The fourth-order valence-corrected chi connectivity index (χ4v) is 12.9. The largest absolute Gasteiger partial charge is 0.496 e. The molecule has 0 spiro atoms. The van der Waals surface area contributed by atoms with Crippen LogP contribution in [0.2, 0.25) is 0 Å². The fraction of sp³-hybridized carbons (Fsp3) is 0.441. The Bertz CT molecular complexity index is 5750. The number of methoxy groups -OCH3 is 8. The van der Waals surface area contributed by atoms with Crippen molar-refractivity contribution in [3.63, 3.8) is 0 Å². The average Bonchev–Trinajstić information content (AvgIpc) is 0.786. The molecule has 37 heteroatoms. The van der Waals surface area contributed by atoms with Crippen LogP contribution < -0.4 is 118 Å². The molecular weight excluding hydrogens is 1810 g/mol. The highest BCUT2D eigenvalue weighted by Gasteiger charge is 2.40. The third-order valence-electron chi connectivity index (χ3n) is 19.6. The summed E-state index contributed by atoms with van der Waals surface area (Å²) in [5, 5.41) is 21.7. The van der Waals surface area contributed by atoms with Gasteiger partial charge in [0.05, 0.1) is 194 Å². The van der Waals surface area contributed by atoms with Crippen molar-refractivity contribution in [3.8, 4) is 92.0 Å². The molecule has 8 aromatic rings. The molecule has 0 aliphatic heterocycles. The van der Waals surface area contributed by atoms with Gasteiger partial charge in [0.15, 0.2) is 0 Å². The number of hydrogen-bond acceptors (Lipinski definition) is 26. The predicted octanol–water partition coefficient (Wildman–Crippen LogP) is 20.3. The Hall–Kier alpha value is -14.4. The Morgan fingerprint density at radius 1 is 0.223 bits per heavy atom. The summed E-state index contributed by atoms with van der Waals surface area (Å²) in [6.45, 7) is 35.7.